The van der Waals surface area contributed by atoms with Crippen LogP contribution in [0.15, 0.2) is 78.9 Å². The Hall–Kier alpha value is -3.80. The van der Waals surface area contributed by atoms with E-state index in [0.29, 0.717) is 22.8 Å². The number of rotatable bonds is 6. The minimum atomic E-state index is -0.671. The van der Waals surface area contributed by atoms with Gasteiger partial charge in [0.05, 0.1) is 0 Å². The summed E-state index contributed by atoms with van der Waals surface area (Å²) in [5.74, 6) is 0.350. The van der Waals surface area contributed by atoms with Crippen LogP contribution in [0.5, 0.6) is 5.75 Å². The first-order chi connectivity index (χ1) is 14.0. The van der Waals surface area contributed by atoms with Gasteiger partial charge in [-0.1, -0.05) is 42.0 Å². The lowest BCUT2D eigenvalue weighted by Crippen LogP contribution is -2.30. The van der Waals surface area contributed by atoms with Crippen molar-refractivity contribution < 1.29 is 14.3 Å². The number of nitrogens with one attached hydrogen (secondary N) is 3. The Bertz CT molecular complexity index is 972. The Kier molecular flexibility index (Phi) is 6.47. The molecule has 3 amide bonds. The van der Waals surface area contributed by atoms with Crippen LogP contribution < -0.4 is 20.7 Å². The fraction of sp³-hybridized carbons (Fsp3) is 0.130. The van der Waals surface area contributed by atoms with Crippen molar-refractivity contribution in [3.8, 4) is 5.75 Å². The van der Waals surface area contributed by atoms with Crippen molar-refractivity contribution in [2.24, 2.45) is 0 Å². The van der Waals surface area contributed by atoms with Crippen LogP contribution in [0, 0.1) is 6.92 Å². The number of aryl methyl sites for hydroxylation is 1. The molecule has 0 spiro atoms. The molecular formula is C23H23N3O3. The number of urea groups is 1. The zero-order chi connectivity index (χ0) is 20.6. The van der Waals surface area contributed by atoms with Crippen molar-refractivity contribution in [3.05, 3.63) is 84.4 Å². The number of amides is 3. The molecule has 3 N–H and O–H groups in total. The average Bonchev–Trinajstić information content (AvgIpc) is 2.70. The van der Waals surface area contributed by atoms with Gasteiger partial charge in [0.15, 0.2) is 6.10 Å². The maximum Gasteiger partial charge on any atom is 0.323 e. The van der Waals surface area contributed by atoms with Crippen molar-refractivity contribution in [1.82, 2.24) is 0 Å². The standard InChI is InChI=1S/C23H23N3O3/c1-16-11-13-21(14-12-16)29-17(2)22(27)24-19-9-6-10-20(15-19)26-23(28)25-18-7-4-3-5-8-18/h3-15,17H,1-2H3,(H,24,27)(H2,25,26,28)/t17-/m0/s1. The van der Waals surface area contributed by atoms with E-state index >= 15 is 0 Å². The minimum absolute atomic E-state index is 0.281. The lowest BCUT2D eigenvalue weighted by Gasteiger charge is -2.15. The summed E-state index contributed by atoms with van der Waals surface area (Å²) in [5, 5.41) is 8.29. The van der Waals surface area contributed by atoms with E-state index in [2.05, 4.69) is 16.0 Å². The van der Waals surface area contributed by atoms with Crippen LogP contribution in [0.3, 0.4) is 0 Å². The summed E-state index contributed by atoms with van der Waals surface area (Å²) in [6, 6.07) is 23.2. The van der Waals surface area contributed by atoms with Gasteiger partial charge in [-0.2, -0.15) is 0 Å². The lowest BCUT2D eigenvalue weighted by atomic mass is 10.2. The Morgan fingerprint density at radius 1 is 0.759 bits per heavy atom. The molecule has 3 aromatic carbocycles. The van der Waals surface area contributed by atoms with E-state index in [0.717, 1.165) is 5.56 Å². The van der Waals surface area contributed by atoms with Crippen LogP contribution in [0.4, 0.5) is 21.9 Å². The predicted octanol–water partition coefficient (Wildman–Crippen LogP) is 5.05. The van der Waals surface area contributed by atoms with Crippen LogP contribution in [0.1, 0.15) is 12.5 Å². The van der Waals surface area contributed by atoms with Gasteiger partial charge in [-0.05, 0) is 56.3 Å². The molecule has 0 bridgehead atoms. The summed E-state index contributed by atoms with van der Waals surface area (Å²) < 4.78 is 5.67. The number of carbonyl (C=O) groups excluding carboxylic acids is 2. The molecule has 6 heteroatoms. The predicted molar refractivity (Wildman–Crippen MR) is 115 cm³/mol. The molecular weight excluding hydrogens is 366 g/mol. The summed E-state index contributed by atoms with van der Waals surface area (Å²) in [7, 11) is 0. The number of hydrogen-bond donors (Lipinski definition) is 3. The smallest absolute Gasteiger partial charge is 0.323 e. The lowest BCUT2D eigenvalue weighted by molar-refractivity contribution is -0.122. The van der Waals surface area contributed by atoms with E-state index in [1.165, 1.54) is 0 Å². The van der Waals surface area contributed by atoms with E-state index in [9.17, 15) is 9.59 Å². The first-order valence-corrected chi connectivity index (χ1v) is 9.27. The molecule has 0 aromatic heterocycles. The highest BCUT2D eigenvalue weighted by atomic mass is 16.5. The highest BCUT2D eigenvalue weighted by Crippen LogP contribution is 2.18. The quantitative estimate of drug-likeness (QED) is 0.552. The van der Waals surface area contributed by atoms with Crippen molar-refractivity contribution in [3.63, 3.8) is 0 Å². The largest absolute Gasteiger partial charge is 0.481 e. The third-order valence-corrected chi connectivity index (χ3v) is 4.12. The molecule has 0 aliphatic carbocycles. The fourth-order valence-electron chi connectivity index (χ4n) is 2.61. The Morgan fingerprint density at radius 3 is 2.03 bits per heavy atom. The van der Waals surface area contributed by atoms with Crippen LogP contribution >= 0.6 is 0 Å². The molecule has 0 saturated carbocycles. The first-order valence-electron chi connectivity index (χ1n) is 9.27. The normalized spacial score (nSPS) is 11.2. The molecule has 0 saturated heterocycles. The molecule has 29 heavy (non-hydrogen) atoms. The number of ether oxygens (including phenoxy) is 1. The molecule has 0 heterocycles. The Morgan fingerprint density at radius 2 is 1.34 bits per heavy atom. The maximum absolute atomic E-state index is 12.4. The molecule has 0 fully saturated rings. The van der Waals surface area contributed by atoms with Gasteiger partial charge in [-0.15, -0.1) is 0 Å². The highest BCUT2D eigenvalue weighted by molar-refractivity contribution is 6.00. The van der Waals surface area contributed by atoms with Crippen LogP contribution in [0.25, 0.3) is 0 Å². The van der Waals surface area contributed by atoms with Gasteiger partial charge in [0.2, 0.25) is 0 Å². The minimum Gasteiger partial charge on any atom is -0.481 e. The van der Waals surface area contributed by atoms with Gasteiger partial charge < -0.3 is 20.7 Å². The number of carbonyl (C=O) groups is 2. The van der Waals surface area contributed by atoms with E-state index < -0.39 is 6.10 Å². The van der Waals surface area contributed by atoms with Crippen LogP contribution in [0.2, 0.25) is 0 Å². The van der Waals surface area contributed by atoms with Crippen LogP contribution in [-0.4, -0.2) is 18.0 Å². The van der Waals surface area contributed by atoms with E-state index in [4.69, 9.17) is 4.74 Å². The SMILES string of the molecule is Cc1ccc(O[C@@H](C)C(=O)Nc2cccc(NC(=O)Nc3ccccc3)c2)cc1. The zero-order valence-corrected chi connectivity index (χ0v) is 16.3. The summed E-state index contributed by atoms with van der Waals surface area (Å²) >= 11 is 0. The fourth-order valence-corrected chi connectivity index (χ4v) is 2.61. The Balaban J connectivity index is 1.56. The van der Waals surface area contributed by atoms with Crippen LogP contribution in [-0.2, 0) is 4.79 Å². The molecule has 6 nitrogen and oxygen atoms in total. The number of benzene rings is 3. The summed E-state index contributed by atoms with van der Waals surface area (Å²) in [6.07, 6.45) is -0.671. The molecule has 1 atom stereocenters. The number of hydrogen-bond acceptors (Lipinski definition) is 3. The zero-order valence-electron chi connectivity index (χ0n) is 16.3. The average molecular weight is 389 g/mol. The third kappa shape index (κ3) is 6.10. The molecule has 0 radical (unpaired) electrons. The van der Waals surface area contributed by atoms with Gasteiger partial charge in [0, 0.05) is 17.1 Å². The summed E-state index contributed by atoms with van der Waals surface area (Å²) in [5.41, 5.74) is 2.93. The van der Waals surface area contributed by atoms with E-state index in [-0.39, 0.29) is 11.9 Å². The van der Waals surface area contributed by atoms with E-state index in [1.807, 2.05) is 49.4 Å². The number of anilines is 3. The van der Waals surface area contributed by atoms with Crippen molar-refractivity contribution in [2.45, 2.75) is 20.0 Å². The van der Waals surface area contributed by atoms with Gasteiger partial charge in [0.25, 0.3) is 5.91 Å². The van der Waals surface area contributed by atoms with Crippen molar-refractivity contribution in [1.29, 1.82) is 0 Å². The van der Waals surface area contributed by atoms with Gasteiger partial charge in [-0.3, -0.25) is 4.79 Å². The molecule has 0 aliphatic rings. The topological polar surface area (TPSA) is 79.5 Å². The second-order valence-corrected chi connectivity index (χ2v) is 6.59. The molecule has 0 aliphatic heterocycles. The molecule has 3 rings (SSSR count). The van der Waals surface area contributed by atoms with E-state index in [1.54, 1.807) is 43.3 Å². The highest BCUT2D eigenvalue weighted by Gasteiger charge is 2.15. The van der Waals surface area contributed by atoms with Crippen molar-refractivity contribution in [2.75, 3.05) is 16.0 Å². The van der Waals surface area contributed by atoms with Crippen molar-refractivity contribution >= 4 is 29.0 Å². The molecule has 3 aromatic rings. The summed E-state index contributed by atoms with van der Waals surface area (Å²) in [4.78, 5) is 24.5. The summed E-state index contributed by atoms with van der Waals surface area (Å²) in [6.45, 7) is 3.67. The molecule has 148 valence electrons. The third-order valence-electron chi connectivity index (χ3n) is 4.12. The van der Waals surface area contributed by atoms with Gasteiger partial charge in [0.1, 0.15) is 5.75 Å². The second-order valence-electron chi connectivity index (χ2n) is 6.59. The number of para-hydroxylation sites is 1. The Labute approximate surface area is 169 Å². The van der Waals surface area contributed by atoms with Gasteiger partial charge >= 0.3 is 6.03 Å². The van der Waals surface area contributed by atoms with Gasteiger partial charge in [-0.25, -0.2) is 4.79 Å². The first kappa shape index (κ1) is 19.9. The monoisotopic (exact) mass is 389 g/mol. The molecule has 0 unspecified atom stereocenters. The second kappa shape index (κ2) is 9.41. The maximum atomic E-state index is 12.4.